The number of hydrogen-bond donors (Lipinski definition) is 5. The normalized spacial score (nSPS) is 11.5. The van der Waals surface area contributed by atoms with Crippen LogP contribution in [-0.4, -0.2) is 125 Å². The molecule has 28 nitrogen and oxygen atoms in total. The van der Waals surface area contributed by atoms with Crippen LogP contribution in [0.5, 0.6) is 0 Å². The van der Waals surface area contributed by atoms with E-state index >= 15 is 0 Å². The van der Waals surface area contributed by atoms with E-state index in [-0.39, 0.29) is 243 Å². The van der Waals surface area contributed by atoms with E-state index in [9.17, 15) is 49.4 Å². The monoisotopic (exact) mass is 1170 g/mol. The molecule has 0 radical (unpaired) electrons. The predicted octanol–water partition coefficient (Wildman–Crippen LogP) is -14.1. The van der Waals surface area contributed by atoms with E-state index < -0.39 is 45.9 Å². The summed E-state index contributed by atoms with van der Waals surface area (Å²) < 4.78 is 121. The van der Waals surface area contributed by atoms with Gasteiger partial charge in [0.1, 0.15) is 26.6 Å². The van der Waals surface area contributed by atoms with Crippen LogP contribution in [0.15, 0.2) is 80.6 Å². The number of benzene rings is 3. The van der Waals surface area contributed by atoms with Gasteiger partial charge in [-0.1, -0.05) is 48.6 Å². The summed E-state index contributed by atoms with van der Waals surface area (Å²) in [6.07, 6.45) is 7.58. The summed E-state index contributed by atoms with van der Waals surface area (Å²) in [7, 11) is -14.8. The Hall–Kier alpha value is -0.860. The SMILES string of the molecule is O=S(=O)([O-])CCNc1ncnc(Nc2ccc(C=Cc3ccc(C=Cc4ccc(Nc5nc(/N=C\CSOO[O-])nc(NCCOCCO)n5)cc4S(=O)(=O)[O-])cc3S(=O)(=O)[O-])c(SOO[O-])c2)n1.[Na+].[Na+].[Na+].[Na+].[Na+]. The van der Waals surface area contributed by atoms with Crippen molar-refractivity contribution in [2.45, 2.75) is 14.7 Å². The molecule has 38 heteroatoms. The van der Waals surface area contributed by atoms with E-state index in [2.05, 4.69) is 74.9 Å². The van der Waals surface area contributed by atoms with Gasteiger partial charge in [-0.3, -0.25) is 10.1 Å². The van der Waals surface area contributed by atoms with Crippen LogP contribution >= 0.6 is 24.1 Å². The summed E-state index contributed by atoms with van der Waals surface area (Å²) in [5.74, 6) is -0.988. The van der Waals surface area contributed by atoms with Crippen molar-refractivity contribution in [1.29, 1.82) is 0 Å². The molecule has 0 aliphatic heterocycles. The van der Waals surface area contributed by atoms with Gasteiger partial charge in [-0.05, 0) is 52.6 Å². The van der Waals surface area contributed by atoms with Gasteiger partial charge < -0.3 is 55.3 Å². The number of aliphatic hydroxyl groups is 1. The second-order valence-corrected chi connectivity index (χ2v) is 18.6. The Kier molecular flexibility index (Phi) is 36.7. The summed E-state index contributed by atoms with van der Waals surface area (Å²) in [4.78, 5) is 27.3. The zero-order chi connectivity index (χ0) is 49.9. The van der Waals surface area contributed by atoms with E-state index in [1.54, 1.807) is 0 Å². The number of anilines is 6. The van der Waals surface area contributed by atoms with Gasteiger partial charge in [-0.25, -0.2) is 40.2 Å². The molecule has 0 atom stereocenters. The van der Waals surface area contributed by atoms with Crippen molar-refractivity contribution in [3.8, 4) is 0 Å². The molecule has 370 valence electrons. The Morgan fingerprint density at radius 3 is 1.86 bits per heavy atom. The van der Waals surface area contributed by atoms with Crippen molar-refractivity contribution in [3.63, 3.8) is 0 Å². The smallest absolute Gasteiger partial charge is 0.748 e. The fourth-order valence-electron chi connectivity index (χ4n) is 5.36. The average molecular weight is 1170 g/mol. The Morgan fingerprint density at radius 1 is 0.635 bits per heavy atom. The number of aliphatic hydroxyl groups excluding tert-OH is 1. The first-order valence-electron chi connectivity index (χ1n) is 19.0. The van der Waals surface area contributed by atoms with Gasteiger partial charge in [0.2, 0.25) is 23.8 Å². The van der Waals surface area contributed by atoms with Crippen molar-refractivity contribution in [2.75, 3.05) is 65.7 Å². The first-order valence-corrected chi connectivity index (χ1v) is 25.0. The van der Waals surface area contributed by atoms with Gasteiger partial charge in [0.15, 0.2) is 0 Å². The number of hydrogen-bond acceptors (Lipinski definition) is 30. The van der Waals surface area contributed by atoms with Crippen molar-refractivity contribution in [3.05, 3.63) is 83.2 Å². The van der Waals surface area contributed by atoms with Crippen LogP contribution in [0.1, 0.15) is 22.3 Å². The second-order valence-electron chi connectivity index (χ2n) is 12.9. The minimum atomic E-state index is -5.16. The number of nitrogens with one attached hydrogen (secondary N) is 4. The standard InChI is InChI=1S/C36H39N11O17S5.5Na/c48-14-16-60-15-11-37-33-45-34(38-12-17-65-63-61-49)47-36(46-33)43-28-10-8-26(31(21-28)69(57,58)59)4-2-23-1-3-25(30(19-23)68(54,55)56)6-5-24-7-9-27(20-29(24)66-64-62-50)42-35-41-22-40-32(44-35)39-13-18-67(51,52)53;;;;;/h1-10,12,19-22,48-50H,11,13-18H2,(H,51,52,53)(H,54,55,56)(H,57,58,59)(H2,37,43,45,46,47)(H2,39,40,41,42,44);;;;;/q;5*+1/p-5/b4-2?,6-5?,38-12-;;;;;. The molecule has 0 aliphatic carbocycles. The van der Waals surface area contributed by atoms with Crippen molar-refractivity contribution in [2.24, 2.45) is 4.99 Å². The number of rotatable bonds is 28. The third-order valence-corrected chi connectivity index (χ3v) is 11.8. The maximum absolute atomic E-state index is 12.5. The molecule has 0 amide bonds. The summed E-state index contributed by atoms with van der Waals surface area (Å²) in [5.41, 5.74) is 0.621. The molecule has 0 bridgehead atoms. The molecule has 0 unspecified atom stereocenters. The zero-order valence-electron chi connectivity index (χ0n) is 39.8. The Labute approximate surface area is 542 Å². The molecule has 2 heterocycles. The van der Waals surface area contributed by atoms with Gasteiger partial charge in [0.05, 0.1) is 63.3 Å². The fraction of sp³-hybridized carbons (Fsp3) is 0.194. The first-order chi connectivity index (χ1) is 32.9. The van der Waals surface area contributed by atoms with Crippen LogP contribution in [0.25, 0.3) is 24.3 Å². The van der Waals surface area contributed by atoms with Crippen LogP contribution in [0.3, 0.4) is 0 Å². The summed E-state index contributed by atoms with van der Waals surface area (Å²) in [5, 5.41) is 47.5. The summed E-state index contributed by atoms with van der Waals surface area (Å²) in [6, 6.07) is 11.9. The zero-order valence-corrected chi connectivity index (χ0v) is 53.8. The van der Waals surface area contributed by atoms with Crippen LogP contribution in [0.4, 0.5) is 41.1 Å². The maximum atomic E-state index is 12.5. The van der Waals surface area contributed by atoms with Gasteiger partial charge in [-0.2, -0.15) is 28.6 Å². The fourth-order valence-corrected chi connectivity index (χ4v) is 7.85. The summed E-state index contributed by atoms with van der Waals surface area (Å²) in [6.45, 7) is 0.0110. The largest absolute Gasteiger partial charge is 1.00 e. The molecule has 5 rings (SSSR count). The van der Waals surface area contributed by atoms with E-state index in [4.69, 9.17) is 9.84 Å². The van der Waals surface area contributed by atoms with Crippen molar-refractivity contribution in [1.82, 2.24) is 29.9 Å². The second kappa shape index (κ2) is 37.1. The van der Waals surface area contributed by atoms with Crippen LogP contribution in [0.2, 0.25) is 0 Å². The summed E-state index contributed by atoms with van der Waals surface area (Å²) >= 11 is 1.10. The molecule has 0 aliphatic rings. The molecule has 0 saturated carbocycles. The predicted molar refractivity (Wildman–Crippen MR) is 240 cm³/mol. The van der Waals surface area contributed by atoms with E-state index in [0.29, 0.717) is 35.3 Å². The minimum absolute atomic E-state index is 0. The third kappa shape index (κ3) is 26.4. The molecule has 5 aromatic rings. The molecular formula is C36H34N11Na5O17S5. The van der Waals surface area contributed by atoms with Crippen molar-refractivity contribution < 1.29 is 226 Å². The minimum Gasteiger partial charge on any atom is -0.748 e. The van der Waals surface area contributed by atoms with Crippen LogP contribution in [0, 0.1) is 0 Å². The molecule has 2 aromatic heterocycles. The van der Waals surface area contributed by atoms with E-state index in [1.807, 2.05) is 0 Å². The average Bonchev–Trinajstić information content (AvgIpc) is 3.29. The van der Waals surface area contributed by atoms with E-state index in [1.165, 1.54) is 73.0 Å². The molecule has 0 saturated heterocycles. The van der Waals surface area contributed by atoms with E-state index in [0.717, 1.165) is 18.5 Å². The maximum Gasteiger partial charge on any atom is 1.00 e. The van der Waals surface area contributed by atoms with Gasteiger partial charge in [0.25, 0.3) is 5.95 Å². The molecule has 0 fully saturated rings. The van der Waals surface area contributed by atoms with Crippen molar-refractivity contribution >= 4 is 126 Å². The molecule has 74 heavy (non-hydrogen) atoms. The Balaban J connectivity index is 0.0000107. The van der Waals surface area contributed by atoms with Gasteiger partial charge in [-0.15, -0.1) is 0 Å². The number of aliphatic imine (C=N–C) groups is 1. The topological polar surface area (TPSA) is 422 Å². The number of nitrogens with zero attached hydrogens (tertiary/aromatic N) is 7. The number of aromatic nitrogens is 6. The Bertz CT molecular complexity index is 3000. The van der Waals surface area contributed by atoms with Crippen LogP contribution < -0.4 is 180 Å². The number of ether oxygens (including phenoxy) is 1. The van der Waals surface area contributed by atoms with Gasteiger partial charge in [0, 0.05) is 47.6 Å². The molecule has 3 aromatic carbocycles. The van der Waals surface area contributed by atoms with Gasteiger partial charge >= 0.3 is 148 Å². The first kappa shape index (κ1) is 73.1. The molecular weight excluding hydrogens is 1130 g/mol. The third-order valence-electron chi connectivity index (χ3n) is 8.19. The molecule has 0 spiro atoms. The van der Waals surface area contributed by atoms with Crippen LogP contribution in [-0.2, 0) is 53.8 Å². The quantitative estimate of drug-likeness (QED) is 0.00454. The Morgan fingerprint density at radius 2 is 1.20 bits per heavy atom. The molecule has 5 N–H and O–H groups in total.